The molecule has 1 fully saturated rings. The van der Waals surface area contributed by atoms with E-state index in [1.165, 1.54) is 19.3 Å². The van der Waals surface area contributed by atoms with E-state index in [1.807, 2.05) is 23.6 Å². The Morgan fingerprint density at radius 1 is 1.07 bits per heavy atom. The fraction of sp³-hybridized carbons (Fsp3) is 0.381. The topological polar surface area (TPSA) is 66.1 Å². The maximum atomic E-state index is 13.4. The second-order valence-electron chi connectivity index (χ2n) is 7.41. The molecule has 2 aromatic heterocycles. The SMILES string of the molecule is O=S(=O)(c1ccc(-c2ccsc2)cc1)N(Cc1cnc[nH]1)CC1CCCCC1. The van der Waals surface area contributed by atoms with Crippen molar-refractivity contribution in [1.29, 1.82) is 0 Å². The number of nitrogens with one attached hydrogen (secondary N) is 1. The van der Waals surface area contributed by atoms with Crippen molar-refractivity contribution in [3.8, 4) is 11.1 Å². The van der Waals surface area contributed by atoms with Crippen molar-refractivity contribution >= 4 is 21.4 Å². The van der Waals surface area contributed by atoms with Crippen molar-refractivity contribution < 1.29 is 8.42 Å². The van der Waals surface area contributed by atoms with Gasteiger partial charge in [-0.15, -0.1) is 0 Å². The van der Waals surface area contributed by atoms with E-state index >= 15 is 0 Å². The molecule has 1 aromatic carbocycles. The lowest BCUT2D eigenvalue weighted by Gasteiger charge is -2.29. The molecular weight excluding hydrogens is 390 g/mol. The van der Waals surface area contributed by atoms with E-state index in [0.717, 1.165) is 29.7 Å². The van der Waals surface area contributed by atoms with Gasteiger partial charge in [0.05, 0.1) is 17.8 Å². The molecule has 7 heteroatoms. The van der Waals surface area contributed by atoms with Gasteiger partial charge in [-0.25, -0.2) is 13.4 Å². The number of hydrogen-bond acceptors (Lipinski definition) is 4. The first kappa shape index (κ1) is 19.4. The molecule has 0 radical (unpaired) electrons. The number of benzene rings is 1. The van der Waals surface area contributed by atoms with Gasteiger partial charge in [-0.2, -0.15) is 15.6 Å². The summed E-state index contributed by atoms with van der Waals surface area (Å²) in [5, 5.41) is 4.09. The van der Waals surface area contributed by atoms with Crippen LogP contribution < -0.4 is 0 Å². The summed E-state index contributed by atoms with van der Waals surface area (Å²) >= 11 is 1.63. The van der Waals surface area contributed by atoms with Crippen LogP contribution in [0, 0.1) is 5.92 Å². The van der Waals surface area contributed by atoms with E-state index in [2.05, 4.69) is 15.3 Å². The van der Waals surface area contributed by atoms with Crippen molar-refractivity contribution in [2.24, 2.45) is 5.92 Å². The molecule has 0 atom stereocenters. The van der Waals surface area contributed by atoms with Gasteiger partial charge in [0.1, 0.15) is 0 Å². The van der Waals surface area contributed by atoms with Gasteiger partial charge in [-0.3, -0.25) is 0 Å². The highest BCUT2D eigenvalue weighted by atomic mass is 32.2. The van der Waals surface area contributed by atoms with Crippen LogP contribution in [0.2, 0.25) is 0 Å². The van der Waals surface area contributed by atoms with Crippen molar-refractivity contribution in [3.63, 3.8) is 0 Å². The van der Waals surface area contributed by atoms with Gasteiger partial charge in [-0.1, -0.05) is 31.4 Å². The minimum atomic E-state index is -3.57. The van der Waals surface area contributed by atoms with Gasteiger partial charge in [0, 0.05) is 18.4 Å². The zero-order valence-corrected chi connectivity index (χ0v) is 17.4. The van der Waals surface area contributed by atoms with Crippen LogP contribution in [0.25, 0.3) is 11.1 Å². The van der Waals surface area contributed by atoms with Crippen molar-refractivity contribution in [2.75, 3.05) is 6.54 Å². The zero-order valence-electron chi connectivity index (χ0n) is 15.8. The van der Waals surface area contributed by atoms with E-state index in [9.17, 15) is 8.42 Å². The largest absolute Gasteiger partial charge is 0.347 e. The van der Waals surface area contributed by atoms with Gasteiger partial charge < -0.3 is 4.98 Å². The molecule has 1 aliphatic rings. The summed E-state index contributed by atoms with van der Waals surface area (Å²) in [6.45, 7) is 0.888. The Morgan fingerprint density at radius 2 is 1.86 bits per heavy atom. The van der Waals surface area contributed by atoms with Gasteiger partial charge >= 0.3 is 0 Å². The second kappa shape index (κ2) is 8.59. The van der Waals surface area contributed by atoms with E-state index in [4.69, 9.17) is 0 Å². The highest BCUT2D eigenvalue weighted by Gasteiger charge is 2.28. The van der Waals surface area contributed by atoms with Crippen LogP contribution in [-0.4, -0.2) is 29.2 Å². The summed E-state index contributed by atoms with van der Waals surface area (Å²) in [4.78, 5) is 7.43. The lowest BCUT2D eigenvalue weighted by molar-refractivity contribution is 0.274. The Bertz CT molecular complexity index is 959. The minimum Gasteiger partial charge on any atom is -0.347 e. The molecule has 148 valence electrons. The lowest BCUT2D eigenvalue weighted by atomic mass is 9.89. The van der Waals surface area contributed by atoms with E-state index < -0.39 is 10.0 Å². The maximum Gasteiger partial charge on any atom is 0.243 e. The predicted molar refractivity (Wildman–Crippen MR) is 113 cm³/mol. The summed E-state index contributed by atoms with van der Waals surface area (Å²) in [5.74, 6) is 0.427. The fourth-order valence-electron chi connectivity index (χ4n) is 3.86. The van der Waals surface area contributed by atoms with E-state index in [-0.39, 0.29) is 0 Å². The lowest BCUT2D eigenvalue weighted by Crippen LogP contribution is -2.35. The molecule has 0 unspecified atom stereocenters. The Labute approximate surface area is 170 Å². The van der Waals surface area contributed by atoms with Crippen LogP contribution in [0.3, 0.4) is 0 Å². The highest BCUT2D eigenvalue weighted by Crippen LogP contribution is 2.29. The Hall–Kier alpha value is -1.96. The molecule has 0 bridgehead atoms. The zero-order chi connectivity index (χ0) is 19.4. The molecule has 0 aliphatic heterocycles. The maximum absolute atomic E-state index is 13.4. The quantitative estimate of drug-likeness (QED) is 0.596. The third kappa shape index (κ3) is 4.37. The van der Waals surface area contributed by atoms with Gasteiger partial charge in [0.25, 0.3) is 0 Å². The molecule has 1 N–H and O–H groups in total. The first-order valence-electron chi connectivity index (χ1n) is 9.73. The van der Waals surface area contributed by atoms with Gasteiger partial charge in [0.15, 0.2) is 0 Å². The number of nitrogens with zero attached hydrogens (tertiary/aromatic N) is 2. The molecule has 1 aliphatic carbocycles. The molecule has 0 amide bonds. The fourth-order valence-corrected chi connectivity index (χ4v) is 6.02. The van der Waals surface area contributed by atoms with Crippen molar-refractivity contribution in [3.05, 3.63) is 59.3 Å². The van der Waals surface area contributed by atoms with Gasteiger partial charge in [-0.05, 0) is 58.8 Å². The average Bonchev–Trinajstić information content (AvgIpc) is 3.43. The number of aromatic amines is 1. The van der Waals surface area contributed by atoms with Crippen molar-refractivity contribution in [1.82, 2.24) is 14.3 Å². The number of hydrogen-bond donors (Lipinski definition) is 1. The standard InChI is InChI=1S/C21H25N3O2S2/c25-28(26,21-8-6-18(7-9-21)19-10-11-27-15-19)24(14-20-12-22-16-23-20)13-17-4-2-1-3-5-17/h6-12,15-17H,1-5,13-14H2,(H,22,23). The molecule has 28 heavy (non-hydrogen) atoms. The molecule has 5 nitrogen and oxygen atoms in total. The number of imidazole rings is 1. The molecular formula is C21H25N3O2S2. The summed E-state index contributed by atoms with van der Waals surface area (Å²) < 4.78 is 28.5. The first-order chi connectivity index (χ1) is 13.6. The molecule has 3 aromatic rings. The third-order valence-electron chi connectivity index (χ3n) is 5.43. The highest BCUT2D eigenvalue weighted by molar-refractivity contribution is 7.89. The number of H-pyrrole nitrogens is 1. The monoisotopic (exact) mass is 415 g/mol. The molecule has 0 saturated heterocycles. The predicted octanol–water partition coefficient (Wildman–Crippen LogP) is 4.91. The van der Waals surface area contributed by atoms with E-state index in [1.54, 1.807) is 40.3 Å². The number of thiophene rings is 1. The van der Waals surface area contributed by atoms with Crippen LogP contribution in [-0.2, 0) is 16.6 Å². The molecule has 4 rings (SSSR count). The van der Waals surface area contributed by atoms with Crippen LogP contribution >= 0.6 is 11.3 Å². The molecule has 0 spiro atoms. The molecule has 2 heterocycles. The van der Waals surface area contributed by atoms with Crippen LogP contribution in [0.5, 0.6) is 0 Å². The average molecular weight is 416 g/mol. The minimum absolute atomic E-state index is 0.325. The summed E-state index contributed by atoms with van der Waals surface area (Å²) in [6, 6.07) is 9.28. The van der Waals surface area contributed by atoms with Crippen molar-refractivity contribution in [2.45, 2.75) is 43.5 Å². The Kier molecular flexibility index (Phi) is 5.94. The smallest absolute Gasteiger partial charge is 0.243 e. The first-order valence-corrected chi connectivity index (χ1v) is 12.1. The molecule has 1 saturated carbocycles. The normalized spacial score (nSPS) is 15.9. The summed E-state index contributed by atoms with van der Waals surface area (Å²) in [6.07, 6.45) is 9.14. The Balaban J connectivity index is 1.59. The van der Waals surface area contributed by atoms with Crippen LogP contribution in [0.15, 0.2) is 58.5 Å². The van der Waals surface area contributed by atoms with Gasteiger partial charge in [0.2, 0.25) is 10.0 Å². The third-order valence-corrected chi connectivity index (χ3v) is 7.94. The number of sulfonamides is 1. The second-order valence-corrected chi connectivity index (χ2v) is 10.1. The van der Waals surface area contributed by atoms with E-state index in [0.29, 0.717) is 23.9 Å². The van der Waals surface area contributed by atoms with Crippen LogP contribution in [0.4, 0.5) is 0 Å². The Morgan fingerprint density at radius 3 is 2.50 bits per heavy atom. The number of rotatable bonds is 7. The summed E-state index contributed by atoms with van der Waals surface area (Å²) in [5.41, 5.74) is 2.97. The van der Waals surface area contributed by atoms with Crippen LogP contribution in [0.1, 0.15) is 37.8 Å². The summed E-state index contributed by atoms with van der Waals surface area (Å²) in [7, 11) is -3.57. The number of aromatic nitrogens is 2.